The zero-order valence-electron chi connectivity index (χ0n) is 33.6. The van der Waals surface area contributed by atoms with Crippen molar-refractivity contribution in [2.75, 3.05) is 0 Å². The first-order valence-corrected chi connectivity index (χ1v) is 22.0. The van der Waals surface area contributed by atoms with Crippen LogP contribution in [0.4, 0.5) is 0 Å². The highest BCUT2D eigenvalue weighted by Crippen LogP contribution is 2.64. The van der Waals surface area contributed by atoms with Crippen LogP contribution >= 0.6 is 0 Å². The Labute approximate surface area is 351 Å². The fourth-order valence-electron chi connectivity index (χ4n) is 12.9. The zero-order valence-corrected chi connectivity index (χ0v) is 33.6. The maximum Gasteiger partial charge on any atom is 0.163 e. The molecule has 0 radical (unpaired) electrons. The average molecular weight is 776 g/mol. The summed E-state index contributed by atoms with van der Waals surface area (Å²) in [5, 5.41) is 0. The van der Waals surface area contributed by atoms with E-state index in [0.29, 0.717) is 0 Å². The van der Waals surface area contributed by atoms with Gasteiger partial charge < -0.3 is 4.74 Å². The van der Waals surface area contributed by atoms with Crippen molar-refractivity contribution in [2.24, 2.45) is 17.8 Å². The number of rotatable bonds is 5. The van der Waals surface area contributed by atoms with Gasteiger partial charge in [-0.1, -0.05) is 152 Å². The predicted octanol–water partition coefficient (Wildman–Crippen LogP) is 13.3. The van der Waals surface area contributed by atoms with Gasteiger partial charge in [-0.05, 0) is 119 Å². The van der Waals surface area contributed by atoms with Crippen LogP contribution in [-0.2, 0) is 10.8 Å². The molecule has 7 aliphatic rings. The van der Waals surface area contributed by atoms with Crippen LogP contribution in [0.1, 0.15) is 90.3 Å². The molecule has 2 heterocycles. The molecule has 1 atom stereocenters. The number of benzene rings is 6. The smallest absolute Gasteiger partial charge is 0.163 e. The van der Waals surface area contributed by atoms with Gasteiger partial charge in [0.25, 0.3) is 0 Å². The van der Waals surface area contributed by atoms with Gasteiger partial charge in [0, 0.05) is 28.0 Å². The lowest BCUT2D eigenvalue weighted by Gasteiger charge is -2.56. The lowest BCUT2D eigenvalue weighted by Crippen LogP contribution is -2.49. The Bertz CT molecular complexity index is 2840. The lowest BCUT2D eigenvalue weighted by atomic mass is 9.49. The molecule has 1 spiro atoms. The van der Waals surface area contributed by atoms with Crippen LogP contribution < -0.4 is 4.74 Å². The third kappa shape index (κ3) is 5.06. The number of hydrogen-bond acceptors (Lipinski definition) is 4. The fourth-order valence-corrected chi connectivity index (χ4v) is 12.9. The average Bonchev–Trinajstić information content (AvgIpc) is 3.60. The monoisotopic (exact) mass is 775 g/mol. The first-order chi connectivity index (χ1) is 29.6. The molecule has 4 fully saturated rings. The number of para-hydroxylation sites is 2. The van der Waals surface area contributed by atoms with E-state index in [9.17, 15) is 0 Å². The maximum atomic E-state index is 6.59. The van der Waals surface area contributed by atoms with Crippen molar-refractivity contribution >= 4 is 5.57 Å². The molecule has 4 saturated carbocycles. The molecule has 0 saturated heterocycles. The Morgan fingerprint density at radius 1 is 0.500 bits per heavy atom. The summed E-state index contributed by atoms with van der Waals surface area (Å²) in [4.78, 5) is 16.3. The van der Waals surface area contributed by atoms with Crippen molar-refractivity contribution in [3.05, 3.63) is 203 Å². The van der Waals surface area contributed by atoms with Gasteiger partial charge in [0.2, 0.25) is 0 Å². The molecule has 4 bridgehead atoms. The van der Waals surface area contributed by atoms with E-state index in [1.54, 1.807) is 0 Å². The number of ether oxygens (including phenoxy) is 1. The lowest BCUT2D eigenvalue weighted by molar-refractivity contribution is -0.00957. The van der Waals surface area contributed by atoms with Crippen molar-refractivity contribution in [2.45, 2.75) is 61.7 Å². The molecule has 4 heteroatoms. The van der Waals surface area contributed by atoms with Crippen molar-refractivity contribution in [1.82, 2.24) is 15.0 Å². The standard InChI is InChI=1S/C56H45N3O/c1-2-12-38(13-3-1)41-14-10-15-42(31-41)53-57-52(58-54(59-53)55-32-35-28-36(33-55)30-37(29-35)34-55)40-26-24-39(25-27-40)43-17-11-21-48-51(43)44-16-4-5-18-45(44)56(48)46-19-6-8-22-49(46)60-50-23-9-7-20-47(50)56/h1-14,16-27,31,35-37,42H,15,28-30,32-34H2/t35-,36-,37?,42?,55?/m1/s1. The highest BCUT2D eigenvalue weighted by Gasteiger charge is 2.54. The van der Waals surface area contributed by atoms with E-state index in [1.165, 1.54) is 94.2 Å². The zero-order chi connectivity index (χ0) is 39.4. The molecule has 6 aliphatic carbocycles. The van der Waals surface area contributed by atoms with Gasteiger partial charge in [-0.15, -0.1) is 0 Å². The second kappa shape index (κ2) is 13.1. The van der Waals surface area contributed by atoms with E-state index in [0.717, 1.165) is 58.7 Å². The molecule has 1 aliphatic heterocycles. The molecular weight excluding hydrogens is 731 g/mol. The summed E-state index contributed by atoms with van der Waals surface area (Å²) in [6, 6.07) is 52.8. The summed E-state index contributed by atoms with van der Waals surface area (Å²) >= 11 is 0. The largest absolute Gasteiger partial charge is 0.457 e. The minimum atomic E-state index is -0.495. The van der Waals surface area contributed by atoms with Gasteiger partial charge in [0.05, 0.1) is 5.41 Å². The van der Waals surface area contributed by atoms with Crippen molar-refractivity contribution in [1.29, 1.82) is 0 Å². The molecule has 7 aromatic rings. The summed E-state index contributed by atoms with van der Waals surface area (Å²) in [6.07, 6.45) is 15.7. The third-order valence-electron chi connectivity index (χ3n) is 15.0. The normalized spacial score (nSPS) is 24.6. The second-order valence-corrected chi connectivity index (χ2v) is 18.5. The third-order valence-corrected chi connectivity index (χ3v) is 15.0. The first kappa shape index (κ1) is 34.5. The van der Waals surface area contributed by atoms with E-state index in [4.69, 9.17) is 19.7 Å². The maximum absolute atomic E-state index is 6.59. The van der Waals surface area contributed by atoms with Crippen LogP contribution in [0.3, 0.4) is 0 Å². The highest BCUT2D eigenvalue weighted by molar-refractivity contribution is 5.96. The molecule has 4 nitrogen and oxygen atoms in total. The number of allylic oxidation sites excluding steroid dienone is 4. The minimum absolute atomic E-state index is 0.0624. The number of nitrogens with zero attached hydrogens (tertiary/aromatic N) is 3. The number of hydrogen-bond donors (Lipinski definition) is 0. The molecule has 1 unspecified atom stereocenters. The minimum Gasteiger partial charge on any atom is -0.457 e. The molecular formula is C56H45N3O. The van der Waals surface area contributed by atoms with E-state index < -0.39 is 5.41 Å². The highest BCUT2D eigenvalue weighted by atomic mass is 16.5. The second-order valence-electron chi connectivity index (χ2n) is 18.5. The summed E-state index contributed by atoms with van der Waals surface area (Å²) < 4.78 is 6.59. The van der Waals surface area contributed by atoms with E-state index in [1.807, 2.05) is 0 Å². The van der Waals surface area contributed by atoms with Crippen molar-refractivity contribution in [3.63, 3.8) is 0 Å². The summed E-state index contributed by atoms with van der Waals surface area (Å²) in [7, 11) is 0. The quantitative estimate of drug-likeness (QED) is 0.175. The molecule has 14 rings (SSSR count). The molecule has 0 N–H and O–H groups in total. The Morgan fingerprint density at radius 3 is 1.82 bits per heavy atom. The van der Waals surface area contributed by atoms with Crippen LogP contribution in [-0.4, -0.2) is 15.0 Å². The Balaban J connectivity index is 0.939. The Hall–Kier alpha value is -6.39. The molecule has 0 amide bonds. The van der Waals surface area contributed by atoms with Gasteiger partial charge in [-0.3, -0.25) is 0 Å². The van der Waals surface area contributed by atoms with Gasteiger partial charge in [-0.25, -0.2) is 15.0 Å². The van der Waals surface area contributed by atoms with E-state index in [-0.39, 0.29) is 11.3 Å². The van der Waals surface area contributed by atoms with Gasteiger partial charge in [0.15, 0.2) is 5.82 Å². The predicted molar refractivity (Wildman–Crippen MR) is 239 cm³/mol. The van der Waals surface area contributed by atoms with Crippen LogP contribution in [0.2, 0.25) is 0 Å². The van der Waals surface area contributed by atoms with Gasteiger partial charge in [0.1, 0.15) is 23.1 Å². The summed E-state index contributed by atoms with van der Waals surface area (Å²) in [6.45, 7) is 0. The number of fused-ring (bicyclic) bond motifs is 9. The topological polar surface area (TPSA) is 47.9 Å². The Kier molecular flexibility index (Phi) is 7.50. The molecule has 6 aromatic carbocycles. The van der Waals surface area contributed by atoms with Crippen LogP contribution in [0.5, 0.6) is 11.5 Å². The summed E-state index contributed by atoms with van der Waals surface area (Å²) in [5.41, 5.74) is 13.0. The molecule has 60 heavy (non-hydrogen) atoms. The summed E-state index contributed by atoms with van der Waals surface area (Å²) in [5.74, 6) is 7.10. The van der Waals surface area contributed by atoms with Crippen molar-refractivity contribution in [3.8, 4) is 45.1 Å². The molecule has 1 aromatic heterocycles. The van der Waals surface area contributed by atoms with Crippen molar-refractivity contribution < 1.29 is 4.74 Å². The number of aromatic nitrogens is 3. The van der Waals surface area contributed by atoms with E-state index in [2.05, 4.69) is 164 Å². The van der Waals surface area contributed by atoms with Gasteiger partial charge >= 0.3 is 0 Å². The first-order valence-electron chi connectivity index (χ1n) is 22.0. The van der Waals surface area contributed by atoms with Crippen LogP contribution in [0, 0.1) is 17.8 Å². The van der Waals surface area contributed by atoms with E-state index >= 15 is 0 Å². The fraction of sp³-hybridized carbons (Fsp3) is 0.232. The SMILES string of the molecule is C1=CC(c2ccccc2)=CC(c2nc(-c3ccc(-c4cccc5c4-c4ccccc4C54c5ccccc5Oc5ccccc54)cc3)nc(C34CC5C[C@H](C3)C[C@H](C5)C4)n2)C1. The molecule has 290 valence electrons. The van der Waals surface area contributed by atoms with Crippen LogP contribution in [0.15, 0.2) is 164 Å². The Morgan fingerprint density at radius 2 is 1.10 bits per heavy atom. The van der Waals surface area contributed by atoms with Crippen LogP contribution in [0.25, 0.3) is 39.2 Å². The van der Waals surface area contributed by atoms with Gasteiger partial charge in [-0.2, -0.15) is 0 Å².